The molecule has 2 aromatic heterocycles. The van der Waals surface area contributed by atoms with Crippen molar-refractivity contribution < 1.29 is 18.3 Å². The number of aryl methyl sites for hydroxylation is 1. The van der Waals surface area contributed by atoms with E-state index in [0.717, 1.165) is 15.6 Å². The summed E-state index contributed by atoms with van der Waals surface area (Å²) >= 11 is 0.946. The van der Waals surface area contributed by atoms with E-state index in [4.69, 9.17) is 5.11 Å². The van der Waals surface area contributed by atoms with Crippen molar-refractivity contribution in [2.45, 2.75) is 18.4 Å². The summed E-state index contributed by atoms with van der Waals surface area (Å²) in [6, 6.07) is 1.19. The molecule has 9 heteroatoms. The lowest BCUT2D eigenvalue weighted by Crippen LogP contribution is -2.27. The van der Waals surface area contributed by atoms with Gasteiger partial charge in [0.15, 0.2) is 0 Å². The molecule has 0 aliphatic heterocycles. The molecule has 0 amide bonds. The maximum Gasteiger partial charge on any atom is 0.345 e. The van der Waals surface area contributed by atoms with Gasteiger partial charge in [0.2, 0.25) is 10.0 Å². The normalized spacial score (nSPS) is 11.9. The first-order chi connectivity index (χ1) is 9.32. The van der Waals surface area contributed by atoms with Crippen LogP contribution in [0, 0.1) is 6.92 Å². The Labute approximate surface area is 119 Å². The molecule has 2 rings (SSSR count). The molecule has 0 bridgehead atoms. The number of carbonyl (C=O) groups is 1. The van der Waals surface area contributed by atoms with Gasteiger partial charge in [-0.25, -0.2) is 18.2 Å². The molecular weight excluding hydrogens is 302 g/mol. The number of carboxylic acids is 1. The number of carboxylic acid groups (broad SMARTS) is 1. The molecular formula is C11H13N3O4S2. The fourth-order valence-corrected chi connectivity index (χ4v) is 4.20. The number of aromatic nitrogens is 2. The minimum absolute atomic E-state index is 0.00692. The van der Waals surface area contributed by atoms with Gasteiger partial charge in [0.25, 0.3) is 0 Å². The molecule has 0 spiro atoms. The van der Waals surface area contributed by atoms with E-state index >= 15 is 0 Å². The van der Waals surface area contributed by atoms with Crippen molar-refractivity contribution in [2.24, 2.45) is 0 Å². The Morgan fingerprint density at radius 2 is 2.25 bits per heavy atom. The highest BCUT2D eigenvalue weighted by atomic mass is 32.2. The smallest absolute Gasteiger partial charge is 0.345 e. The van der Waals surface area contributed by atoms with Crippen LogP contribution < -0.4 is 0 Å². The van der Waals surface area contributed by atoms with Crippen molar-refractivity contribution in [1.82, 2.24) is 14.3 Å². The third-order valence-corrected chi connectivity index (χ3v) is 5.80. The van der Waals surface area contributed by atoms with Crippen LogP contribution >= 0.6 is 11.3 Å². The number of H-pyrrole nitrogens is 1. The average molecular weight is 315 g/mol. The maximum atomic E-state index is 12.4. The van der Waals surface area contributed by atoms with E-state index in [1.165, 1.54) is 19.3 Å². The Morgan fingerprint density at radius 1 is 1.55 bits per heavy atom. The molecule has 2 heterocycles. The fraction of sp³-hybridized carbons (Fsp3) is 0.273. The Kier molecular flexibility index (Phi) is 3.93. The number of hydrogen-bond donors (Lipinski definition) is 2. The average Bonchev–Trinajstić information content (AvgIpc) is 2.98. The summed E-state index contributed by atoms with van der Waals surface area (Å²) in [5, 5.41) is 8.92. The zero-order valence-corrected chi connectivity index (χ0v) is 12.5. The van der Waals surface area contributed by atoms with Crippen molar-refractivity contribution in [3.8, 4) is 0 Å². The summed E-state index contributed by atoms with van der Waals surface area (Å²) in [5.41, 5.74) is 0. The maximum absolute atomic E-state index is 12.4. The van der Waals surface area contributed by atoms with Crippen LogP contribution in [0.4, 0.5) is 0 Å². The predicted molar refractivity (Wildman–Crippen MR) is 73.3 cm³/mol. The Hall–Kier alpha value is -1.71. The van der Waals surface area contributed by atoms with Gasteiger partial charge in [-0.1, -0.05) is 0 Å². The lowest BCUT2D eigenvalue weighted by Gasteiger charge is -2.15. The molecule has 0 aliphatic carbocycles. The number of thiophene rings is 1. The highest BCUT2D eigenvalue weighted by molar-refractivity contribution is 7.89. The number of sulfonamides is 1. The van der Waals surface area contributed by atoms with Crippen LogP contribution in [0.1, 0.15) is 20.4 Å². The number of imidazole rings is 1. The summed E-state index contributed by atoms with van der Waals surface area (Å²) in [6.07, 6.45) is 3.14. The van der Waals surface area contributed by atoms with E-state index in [0.29, 0.717) is 10.7 Å². The molecule has 0 aromatic carbocycles. The Balaban J connectivity index is 2.32. The minimum Gasteiger partial charge on any atom is -0.477 e. The van der Waals surface area contributed by atoms with Crippen LogP contribution in [0.5, 0.6) is 0 Å². The molecule has 0 fully saturated rings. The van der Waals surface area contributed by atoms with Gasteiger partial charge in [0.1, 0.15) is 10.7 Å². The molecule has 0 radical (unpaired) electrons. The summed E-state index contributed by atoms with van der Waals surface area (Å²) in [7, 11) is -2.31. The van der Waals surface area contributed by atoms with Gasteiger partial charge in [-0.15, -0.1) is 11.3 Å². The molecule has 108 valence electrons. The number of nitrogens with zero attached hydrogens (tertiary/aromatic N) is 2. The minimum atomic E-state index is -3.74. The van der Waals surface area contributed by atoms with Crippen molar-refractivity contribution in [1.29, 1.82) is 0 Å². The third kappa shape index (κ3) is 2.74. The van der Waals surface area contributed by atoms with Crippen LogP contribution in [0.2, 0.25) is 0 Å². The second kappa shape index (κ2) is 5.35. The van der Waals surface area contributed by atoms with Gasteiger partial charge < -0.3 is 10.1 Å². The van der Waals surface area contributed by atoms with E-state index in [9.17, 15) is 13.2 Å². The van der Waals surface area contributed by atoms with Gasteiger partial charge in [0, 0.05) is 24.3 Å². The van der Waals surface area contributed by atoms with E-state index in [1.54, 1.807) is 13.1 Å². The molecule has 7 nitrogen and oxygen atoms in total. The molecule has 0 aliphatic rings. The molecule has 0 atom stereocenters. The van der Waals surface area contributed by atoms with E-state index in [-0.39, 0.29) is 16.3 Å². The van der Waals surface area contributed by atoms with Gasteiger partial charge >= 0.3 is 5.97 Å². The molecule has 2 aromatic rings. The van der Waals surface area contributed by atoms with Gasteiger partial charge in [-0.3, -0.25) is 0 Å². The number of hydrogen-bond acceptors (Lipinski definition) is 5. The topological polar surface area (TPSA) is 103 Å². The van der Waals surface area contributed by atoms with E-state index < -0.39 is 16.0 Å². The highest BCUT2D eigenvalue weighted by Gasteiger charge is 2.26. The highest BCUT2D eigenvalue weighted by Crippen LogP contribution is 2.28. The summed E-state index contributed by atoms with van der Waals surface area (Å²) < 4.78 is 26.0. The Morgan fingerprint density at radius 3 is 2.75 bits per heavy atom. The number of aromatic carboxylic acids is 1. The third-order valence-electron chi connectivity index (χ3n) is 2.70. The van der Waals surface area contributed by atoms with Crippen molar-refractivity contribution >= 4 is 27.3 Å². The second-order valence-corrected chi connectivity index (χ2v) is 7.40. The first kappa shape index (κ1) is 14.7. The molecule has 0 saturated heterocycles. The fourth-order valence-electron chi connectivity index (χ4n) is 1.68. The molecule has 0 unspecified atom stereocenters. The van der Waals surface area contributed by atoms with Gasteiger partial charge in [0.05, 0.1) is 11.4 Å². The zero-order chi connectivity index (χ0) is 14.9. The zero-order valence-electron chi connectivity index (χ0n) is 10.8. The van der Waals surface area contributed by atoms with Crippen LogP contribution in [0.25, 0.3) is 0 Å². The predicted octanol–water partition coefficient (Wildman–Crippen LogP) is 1.30. The number of aromatic amines is 1. The second-order valence-electron chi connectivity index (χ2n) is 4.13. The number of rotatable bonds is 5. The summed E-state index contributed by atoms with van der Waals surface area (Å²) in [5.74, 6) is -0.615. The lowest BCUT2D eigenvalue weighted by atomic mass is 10.4. The molecule has 2 N–H and O–H groups in total. The lowest BCUT2D eigenvalue weighted by molar-refractivity contribution is 0.0702. The largest absolute Gasteiger partial charge is 0.477 e. The van der Waals surface area contributed by atoms with Crippen molar-refractivity contribution in [3.63, 3.8) is 0 Å². The molecule has 0 saturated carbocycles. The summed E-state index contributed by atoms with van der Waals surface area (Å²) in [6.45, 7) is 1.68. The van der Waals surface area contributed by atoms with Gasteiger partial charge in [-0.05, 0) is 13.0 Å². The standard InChI is InChI=1S/C11H13N3O4S2/c1-7-9(5-8(19-7)11(15)16)20(17,18)14(2)6-10-12-3-4-13-10/h3-5H,6H2,1-2H3,(H,12,13)(H,15,16). The van der Waals surface area contributed by atoms with Gasteiger partial charge in [-0.2, -0.15) is 4.31 Å². The first-order valence-corrected chi connectivity index (χ1v) is 7.86. The summed E-state index contributed by atoms with van der Waals surface area (Å²) in [4.78, 5) is 18.2. The van der Waals surface area contributed by atoms with E-state index in [2.05, 4.69) is 9.97 Å². The Bertz CT molecular complexity index is 719. The van der Waals surface area contributed by atoms with Crippen molar-refractivity contribution in [3.05, 3.63) is 34.0 Å². The quantitative estimate of drug-likeness (QED) is 0.865. The van der Waals surface area contributed by atoms with Crippen LogP contribution in [-0.2, 0) is 16.6 Å². The number of nitrogens with one attached hydrogen (secondary N) is 1. The van der Waals surface area contributed by atoms with Crippen LogP contribution in [0.3, 0.4) is 0 Å². The SMILES string of the molecule is Cc1sc(C(=O)O)cc1S(=O)(=O)N(C)Cc1ncc[nH]1. The first-order valence-electron chi connectivity index (χ1n) is 5.60. The van der Waals surface area contributed by atoms with Crippen molar-refractivity contribution in [2.75, 3.05) is 7.05 Å². The van der Waals surface area contributed by atoms with Crippen LogP contribution in [-0.4, -0.2) is 40.8 Å². The van der Waals surface area contributed by atoms with E-state index in [1.807, 2.05) is 0 Å². The molecule has 20 heavy (non-hydrogen) atoms. The van der Waals surface area contributed by atoms with Crippen LogP contribution in [0.15, 0.2) is 23.4 Å². The monoisotopic (exact) mass is 315 g/mol.